The molecule has 7 nitrogen and oxygen atoms in total. The molecule has 1 aromatic heterocycles. The lowest BCUT2D eigenvalue weighted by molar-refractivity contribution is 0.186. The SMILES string of the molecule is CCCCN(Cc1ccc(-c2ccccc2-c2nn[nH]n2)cc1)C(=O)NC1CCCCC1. The third-order valence-electron chi connectivity index (χ3n) is 6.15. The molecule has 7 heteroatoms. The molecule has 0 saturated heterocycles. The van der Waals surface area contributed by atoms with Crippen LogP contribution in [0.25, 0.3) is 22.5 Å². The third-order valence-corrected chi connectivity index (χ3v) is 6.15. The highest BCUT2D eigenvalue weighted by atomic mass is 16.2. The molecule has 32 heavy (non-hydrogen) atoms. The maximum absolute atomic E-state index is 13.0. The van der Waals surface area contributed by atoms with Crippen LogP contribution in [0.15, 0.2) is 48.5 Å². The molecular formula is C25H32N6O. The number of unbranched alkanes of at least 4 members (excludes halogenated alkanes) is 1. The van der Waals surface area contributed by atoms with Crippen LogP contribution in [0.3, 0.4) is 0 Å². The number of amides is 2. The highest BCUT2D eigenvalue weighted by Gasteiger charge is 2.20. The van der Waals surface area contributed by atoms with Gasteiger partial charge in [0.2, 0.25) is 5.82 Å². The van der Waals surface area contributed by atoms with Gasteiger partial charge in [-0.2, -0.15) is 5.21 Å². The fraction of sp³-hybridized carbons (Fsp3) is 0.440. The number of hydrogen-bond acceptors (Lipinski definition) is 4. The predicted molar refractivity (Wildman–Crippen MR) is 126 cm³/mol. The van der Waals surface area contributed by atoms with Gasteiger partial charge < -0.3 is 10.2 Å². The number of benzene rings is 2. The first-order valence-electron chi connectivity index (χ1n) is 11.7. The van der Waals surface area contributed by atoms with E-state index in [-0.39, 0.29) is 6.03 Å². The third kappa shape index (κ3) is 5.52. The summed E-state index contributed by atoms with van der Waals surface area (Å²) in [7, 11) is 0. The summed E-state index contributed by atoms with van der Waals surface area (Å²) in [6, 6.07) is 16.8. The molecule has 1 aliphatic rings. The number of rotatable bonds is 8. The van der Waals surface area contributed by atoms with Crippen LogP contribution in [0, 0.1) is 0 Å². The number of nitrogens with one attached hydrogen (secondary N) is 2. The number of carbonyl (C=O) groups excluding carboxylic acids is 1. The molecule has 1 heterocycles. The summed E-state index contributed by atoms with van der Waals surface area (Å²) < 4.78 is 0. The predicted octanol–water partition coefficient (Wildman–Crippen LogP) is 5.18. The van der Waals surface area contributed by atoms with Crippen LogP contribution in [0.5, 0.6) is 0 Å². The first-order valence-corrected chi connectivity index (χ1v) is 11.7. The molecule has 168 valence electrons. The van der Waals surface area contributed by atoms with Gasteiger partial charge in [0.05, 0.1) is 0 Å². The van der Waals surface area contributed by atoms with Crippen LogP contribution in [0.1, 0.15) is 57.4 Å². The first-order chi connectivity index (χ1) is 15.7. The number of urea groups is 1. The summed E-state index contributed by atoms with van der Waals surface area (Å²) >= 11 is 0. The minimum atomic E-state index is 0.0666. The second-order valence-electron chi connectivity index (χ2n) is 8.54. The van der Waals surface area contributed by atoms with E-state index in [1.807, 2.05) is 23.1 Å². The van der Waals surface area contributed by atoms with Gasteiger partial charge in [-0.15, -0.1) is 10.2 Å². The lowest BCUT2D eigenvalue weighted by atomic mass is 9.96. The summed E-state index contributed by atoms with van der Waals surface area (Å²) in [5.74, 6) is 0.579. The Hall–Kier alpha value is -3.22. The van der Waals surface area contributed by atoms with E-state index < -0.39 is 0 Å². The van der Waals surface area contributed by atoms with Gasteiger partial charge in [0.15, 0.2) is 0 Å². The minimum absolute atomic E-state index is 0.0666. The van der Waals surface area contributed by atoms with Gasteiger partial charge in [0.1, 0.15) is 0 Å². The van der Waals surface area contributed by atoms with Gasteiger partial charge in [0.25, 0.3) is 0 Å². The maximum Gasteiger partial charge on any atom is 0.317 e. The van der Waals surface area contributed by atoms with Crippen molar-refractivity contribution in [1.29, 1.82) is 0 Å². The standard InChI is InChI=1S/C25H32N6O/c1-2-3-17-31(25(32)26-21-9-5-4-6-10-21)18-19-13-15-20(16-14-19)22-11-7-8-12-23(22)24-27-29-30-28-24/h7-8,11-16,21H,2-6,9-10,17-18H2,1H3,(H,26,32)(H,27,28,29,30). The van der Waals surface area contributed by atoms with Crippen molar-refractivity contribution in [2.45, 2.75) is 64.5 Å². The van der Waals surface area contributed by atoms with E-state index >= 15 is 0 Å². The quantitative estimate of drug-likeness (QED) is 0.514. The Morgan fingerprint density at radius 3 is 2.50 bits per heavy atom. The Bertz CT molecular complexity index is 980. The van der Waals surface area contributed by atoms with Crippen molar-refractivity contribution in [2.75, 3.05) is 6.54 Å². The average Bonchev–Trinajstić information content (AvgIpc) is 3.38. The topological polar surface area (TPSA) is 86.8 Å². The van der Waals surface area contributed by atoms with Crippen molar-refractivity contribution in [2.24, 2.45) is 0 Å². The Morgan fingerprint density at radius 2 is 1.81 bits per heavy atom. The zero-order valence-electron chi connectivity index (χ0n) is 18.8. The number of aromatic amines is 1. The van der Waals surface area contributed by atoms with Gasteiger partial charge in [-0.3, -0.25) is 0 Å². The van der Waals surface area contributed by atoms with Crippen LogP contribution in [0.2, 0.25) is 0 Å². The number of nitrogens with zero attached hydrogens (tertiary/aromatic N) is 4. The zero-order valence-corrected chi connectivity index (χ0v) is 18.8. The summed E-state index contributed by atoms with van der Waals surface area (Å²) in [6.45, 7) is 3.55. The molecule has 0 spiro atoms. The second-order valence-corrected chi connectivity index (χ2v) is 8.54. The van der Waals surface area contributed by atoms with E-state index in [0.29, 0.717) is 18.4 Å². The van der Waals surface area contributed by atoms with Crippen molar-refractivity contribution in [3.05, 3.63) is 54.1 Å². The van der Waals surface area contributed by atoms with Gasteiger partial charge >= 0.3 is 6.03 Å². The van der Waals surface area contributed by atoms with Crippen LogP contribution in [-0.4, -0.2) is 44.1 Å². The molecule has 1 fully saturated rings. The van der Waals surface area contributed by atoms with E-state index in [0.717, 1.165) is 54.5 Å². The lowest BCUT2D eigenvalue weighted by Gasteiger charge is -2.28. The first kappa shape index (κ1) is 22.0. The molecule has 2 amide bonds. The molecule has 2 N–H and O–H groups in total. The molecule has 0 radical (unpaired) electrons. The minimum Gasteiger partial charge on any atom is -0.335 e. The van der Waals surface area contributed by atoms with Gasteiger partial charge in [-0.1, -0.05) is 81.1 Å². The largest absolute Gasteiger partial charge is 0.335 e. The highest BCUT2D eigenvalue weighted by molar-refractivity contribution is 5.80. The lowest BCUT2D eigenvalue weighted by Crippen LogP contribution is -2.45. The van der Waals surface area contributed by atoms with E-state index in [4.69, 9.17) is 0 Å². The van der Waals surface area contributed by atoms with Crippen LogP contribution in [-0.2, 0) is 6.54 Å². The van der Waals surface area contributed by atoms with E-state index in [1.165, 1.54) is 19.3 Å². The average molecular weight is 433 g/mol. The number of aromatic nitrogens is 4. The van der Waals surface area contributed by atoms with Crippen LogP contribution < -0.4 is 5.32 Å². The Kier molecular flexibility index (Phi) is 7.48. The summed E-state index contributed by atoms with van der Waals surface area (Å²) in [5, 5.41) is 17.7. The van der Waals surface area contributed by atoms with Crippen LogP contribution in [0.4, 0.5) is 4.79 Å². The molecule has 1 aliphatic carbocycles. The Labute approximate surface area is 189 Å². The zero-order chi connectivity index (χ0) is 22.2. The monoisotopic (exact) mass is 432 g/mol. The van der Waals surface area contributed by atoms with E-state index in [2.05, 4.69) is 63.2 Å². The molecule has 2 aromatic carbocycles. The van der Waals surface area contributed by atoms with Crippen molar-refractivity contribution in [1.82, 2.24) is 30.8 Å². The summed E-state index contributed by atoms with van der Waals surface area (Å²) in [5.41, 5.74) is 4.20. The van der Waals surface area contributed by atoms with Crippen molar-refractivity contribution in [3.8, 4) is 22.5 Å². The molecule has 1 saturated carbocycles. The maximum atomic E-state index is 13.0. The molecule has 0 bridgehead atoms. The Balaban J connectivity index is 1.47. The summed E-state index contributed by atoms with van der Waals surface area (Å²) in [6.07, 6.45) is 7.99. The molecule has 3 aromatic rings. The molecule has 0 aliphatic heterocycles. The summed E-state index contributed by atoms with van der Waals surface area (Å²) in [4.78, 5) is 14.9. The highest BCUT2D eigenvalue weighted by Crippen LogP contribution is 2.30. The Morgan fingerprint density at radius 1 is 1.06 bits per heavy atom. The van der Waals surface area contributed by atoms with Gasteiger partial charge in [-0.05, 0) is 41.2 Å². The van der Waals surface area contributed by atoms with E-state index in [1.54, 1.807) is 0 Å². The normalized spacial score (nSPS) is 14.3. The van der Waals surface area contributed by atoms with Crippen molar-refractivity contribution >= 4 is 6.03 Å². The van der Waals surface area contributed by atoms with Crippen molar-refractivity contribution < 1.29 is 4.79 Å². The van der Waals surface area contributed by atoms with Crippen molar-refractivity contribution in [3.63, 3.8) is 0 Å². The second kappa shape index (κ2) is 10.9. The molecule has 0 atom stereocenters. The molecular weight excluding hydrogens is 400 g/mol. The van der Waals surface area contributed by atoms with Gasteiger partial charge in [0, 0.05) is 24.7 Å². The molecule has 0 unspecified atom stereocenters. The smallest absolute Gasteiger partial charge is 0.317 e. The van der Waals surface area contributed by atoms with E-state index in [9.17, 15) is 4.79 Å². The number of tetrazole rings is 1. The van der Waals surface area contributed by atoms with Gasteiger partial charge in [-0.25, -0.2) is 4.79 Å². The number of carbonyl (C=O) groups is 1. The fourth-order valence-corrected chi connectivity index (χ4v) is 4.33. The fourth-order valence-electron chi connectivity index (χ4n) is 4.33. The van der Waals surface area contributed by atoms with Crippen LogP contribution >= 0.6 is 0 Å². The number of hydrogen-bond donors (Lipinski definition) is 2. The molecule has 4 rings (SSSR count). The number of H-pyrrole nitrogens is 1.